The zero-order chi connectivity index (χ0) is 7.28. The Bertz CT molecular complexity index is 122. The number of aliphatic hydroxyl groups excluding tert-OH is 1. The summed E-state index contributed by atoms with van der Waals surface area (Å²) in [7, 11) is 0. The second kappa shape index (κ2) is 3.95. The van der Waals surface area contributed by atoms with Crippen molar-refractivity contribution in [2.45, 2.75) is 13.8 Å². The van der Waals surface area contributed by atoms with Gasteiger partial charge in [0, 0.05) is 0 Å². The van der Waals surface area contributed by atoms with Crippen LogP contribution in [-0.4, -0.2) is 17.7 Å². The van der Waals surface area contributed by atoms with Gasteiger partial charge in [-0.1, -0.05) is 0 Å². The number of esters is 1. The topological polar surface area (TPSA) is 46.5 Å². The Balaban J connectivity index is 3.63. The molecule has 3 heteroatoms. The lowest BCUT2D eigenvalue weighted by molar-refractivity contribution is -0.137. The number of rotatable bonds is 2. The normalized spacial score (nSPS) is 11.1. The van der Waals surface area contributed by atoms with Crippen LogP contribution in [0.1, 0.15) is 13.8 Å². The highest BCUT2D eigenvalue weighted by Gasteiger charge is 1.93. The fourth-order valence-electron chi connectivity index (χ4n) is 0.354. The summed E-state index contributed by atoms with van der Waals surface area (Å²) in [6, 6.07) is 0. The van der Waals surface area contributed by atoms with Gasteiger partial charge in [0.1, 0.15) is 0 Å². The Morgan fingerprint density at radius 2 is 2.33 bits per heavy atom. The summed E-state index contributed by atoms with van der Waals surface area (Å²) in [5.74, 6) is -0.536. The Labute approximate surface area is 53.9 Å². The van der Waals surface area contributed by atoms with Crippen LogP contribution in [-0.2, 0) is 9.53 Å². The number of allylic oxidation sites excluding steroid dienone is 1. The standard InChI is InChI=1S/C6H10O3/c1-3-9-6(8)4-5(2)7/h4,7H,3H2,1-2H3/b5-4+. The lowest BCUT2D eigenvalue weighted by Gasteiger charge is -1.93. The lowest BCUT2D eigenvalue weighted by Crippen LogP contribution is -1.99. The largest absolute Gasteiger partial charge is 0.512 e. The van der Waals surface area contributed by atoms with Crippen molar-refractivity contribution in [1.29, 1.82) is 0 Å². The van der Waals surface area contributed by atoms with Crippen LogP contribution >= 0.6 is 0 Å². The van der Waals surface area contributed by atoms with Crippen molar-refractivity contribution in [3.8, 4) is 0 Å². The average molecular weight is 130 g/mol. The van der Waals surface area contributed by atoms with Gasteiger partial charge in [0.2, 0.25) is 0 Å². The predicted octanol–water partition coefficient (Wildman–Crippen LogP) is 1.01. The molecule has 0 aliphatic heterocycles. The molecule has 0 rings (SSSR count). The van der Waals surface area contributed by atoms with Crippen molar-refractivity contribution in [3.05, 3.63) is 11.8 Å². The summed E-state index contributed by atoms with van der Waals surface area (Å²) in [6.45, 7) is 3.46. The molecule has 0 amide bonds. The molecule has 0 aliphatic carbocycles. The quantitative estimate of drug-likeness (QED) is 0.344. The van der Waals surface area contributed by atoms with Gasteiger partial charge in [-0.2, -0.15) is 0 Å². The van der Waals surface area contributed by atoms with Crippen LogP contribution in [0.15, 0.2) is 11.8 Å². The summed E-state index contributed by atoms with van der Waals surface area (Å²) < 4.78 is 4.48. The van der Waals surface area contributed by atoms with Gasteiger partial charge in [0.15, 0.2) is 0 Å². The second-order valence-corrected chi connectivity index (χ2v) is 1.54. The minimum atomic E-state index is -0.502. The molecule has 0 aromatic carbocycles. The van der Waals surface area contributed by atoms with Gasteiger partial charge in [-0.25, -0.2) is 4.79 Å². The molecule has 0 atom stereocenters. The van der Waals surface area contributed by atoms with Gasteiger partial charge in [-0.15, -0.1) is 0 Å². The molecule has 0 saturated carbocycles. The Hall–Kier alpha value is -0.990. The van der Waals surface area contributed by atoms with Gasteiger partial charge >= 0.3 is 5.97 Å². The Kier molecular flexibility index (Phi) is 3.51. The van der Waals surface area contributed by atoms with E-state index in [1.807, 2.05) is 0 Å². The first-order valence-electron chi connectivity index (χ1n) is 2.70. The second-order valence-electron chi connectivity index (χ2n) is 1.54. The molecule has 52 valence electrons. The van der Waals surface area contributed by atoms with Crippen molar-refractivity contribution in [3.63, 3.8) is 0 Å². The summed E-state index contributed by atoms with van der Waals surface area (Å²) in [5.41, 5.74) is 0. The predicted molar refractivity (Wildman–Crippen MR) is 33.0 cm³/mol. The minimum Gasteiger partial charge on any atom is -0.512 e. The first kappa shape index (κ1) is 8.01. The Morgan fingerprint density at radius 3 is 2.67 bits per heavy atom. The smallest absolute Gasteiger partial charge is 0.334 e. The fourth-order valence-corrected chi connectivity index (χ4v) is 0.354. The average Bonchev–Trinajstić information content (AvgIpc) is 1.63. The molecule has 0 aromatic rings. The van der Waals surface area contributed by atoms with Crippen LogP contribution in [0.25, 0.3) is 0 Å². The molecule has 0 bridgehead atoms. The number of ether oxygens (including phenoxy) is 1. The van der Waals surface area contributed by atoms with E-state index in [1.54, 1.807) is 6.92 Å². The van der Waals surface area contributed by atoms with E-state index >= 15 is 0 Å². The van der Waals surface area contributed by atoms with Crippen molar-refractivity contribution >= 4 is 5.97 Å². The van der Waals surface area contributed by atoms with Crippen LogP contribution < -0.4 is 0 Å². The Morgan fingerprint density at radius 1 is 1.78 bits per heavy atom. The number of hydrogen-bond acceptors (Lipinski definition) is 3. The molecular formula is C6H10O3. The monoisotopic (exact) mass is 130 g/mol. The van der Waals surface area contributed by atoms with Gasteiger partial charge in [0.25, 0.3) is 0 Å². The lowest BCUT2D eigenvalue weighted by atomic mass is 10.5. The van der Waals surface area contributed by atoms with E-state index in [0.29, 0.717) is 6.61 Å². The summed E-state index contributed by atoms with van der Waals surface area (Å²) in [4.78, 5) is 10.4. The highest BCUT2D eigenvalue weighted by molar-refractivity contribution is 5.82. The molecule has 0 saturated heterocycles. The van der Waals surface area contributed by atoms with E-state index in [-0.39, 0.29) is 5.76 Å². The van der Waals surface area contributed by atoms with Crippen LogP contribution in [0, 0.1) is 0 Å². The first-order valence-corrected chi connectivity index (χ1v) is 2.70. The van der Waals surface area contributed by atoms with E-state index in [4.69, 9.17) is 5.11 Å². The molecule has 0 aliphatic rings. The van der Waals surface area contributed by atoms with E-state index in [9.17, 15) is 4.79 Å². The van der Waals surface area contributed by atoms with Gasteiger partial charge in [0.05, 0.1) is 18.4 Å². The number of hydrogen-bond donors (Lipinski definition) is 1. The van der Waals surface area contributed by atoms with Crippen LogP contribution in [0.2, 0.25) is 0 Å². The number of carbonyl (C=O) groups is 1. The van der Waals surface area contributed by atoms with Gasteiger partial charge < -0.3 is 9.84 Å². The number of carbonyl (C=O) groups excluding carboxylic acids is 1. The molecule has 0 aromatic heterocycles. The zero-order valence-corrected chi connectivity index (χ0v) is 5.55. The molecule has 0 heterocycles. The van der Waals surface area contributed by atoms with Crippen molar-refractivity contribution in [1.82, 2.24) is 0 Å². The maximum absolute atomic E-state index is 10.4. The van der Waals surface area contributed by atoms with E-state index < -0.39 is 5.97 Å². The maximum atomic E-state index is 10.4. The first-order chi connectivity index (χ1) is 4.16. The molecule has 0 fully saturated rings. The summed E-state index contributed by atoms with van der Waals surface area (Å²) >= 11 is 0. The summed E-state index contributed by atoms with van der Waals surface area (Å²) in [6.07, 6.45) is 1.03. The third kappa shape index (κ3) is 4.87. The van der Waals surface area contributed by atoms with Crippen LogP contribution in [0.5, 0.6) is 0 Å². The van der Waals surface area contributed by atoms with E-state index in [1.165, 1.54) is 6.92 Å². The van der Waals surface area contributed by atoms with Crippen molar-refractivity contribution < 1.29 is 14.6 Å². The molecule has 0 spiro atoms. The summed E-state index contributed by atoms with van der Waals surface area (Å²) in [5, 5.41) is 8.51. The zero-order valence-electron chi connectivity index (χ0n) is 5.55. The van der Waals surface area contributed by atoms with Crippen LogP contribution in [0.3, 0.4) is 0 Å². The molecule has 0 radical (unpaired) electrons. The highest BCUT2D eigenvalue weighted by atomic mass is 16.5. The van der Waals surface area contributed by atoms with Gasteiger partial charge in [-0.05, 0) is 13.8 Å². The van der Waals surface area contributed by atoms with Gasteiger partial charge in [-0.3, -0.25) is 0 Å². The molecule has 3 nitrogen and oxygen atoms in total. The van der Waals surface area contributed by atoms with Crippen LogP contribution in [0.4, 0.5) is 0 Å². The third-order valence-corrected chi connectivity index (χ3v) is 0.613. The van der Waals surface area contributed by atoms with Crippen molar-refractivity contribution in [2.75, 3.05) is 6.61 Å². The number of aliphatic hydroxyl groups is 1. The fraction of sp³-hybridized carbons (Fsp3) is 0.500. The maximum Gasteiger partial charge on any atom is 0.334 e. The van der Waals surface area contributed by atoms with E-state index in [2.05, 4.69) is 4.74 Å². The molecular weight excluding hydrogens is 120 g/mol. The van der Waals surface area contributed by atoms with Crippen molar-refractivity contribution in [2.24, 2.45) is 0 Å². The molecule has 9 heavy (non-hydrogen) atoms. The van der Waals surface area contributed by atoms with E-state index in [0.717, 1.165) is 6.08 Å². The third-order valence-electron chi connectivity index (χ3n) is 0.613. The highest BCUT2D eigenvalue weighted by Crippen LogP contribution is 1.86. The SMILES string of the molecule is CCOC(=O)/C=C(\C)O. The molecule has 1 N–H and O–H groups in total. The molecule has 0 unspecified atom stereocenters. The minimum absolute atomic E-state index is 0.0338.